The Hall–Kier alpha value is -1.07. The Morgan fingerprint density at radius 1 is 1.27 bits per heavy atom. The third kappa shape index (κ3) is 6.09. The Morgan fingerprint density at radius 3 is 2.53 bits per heavy atom. The molecule has 0 atom stereocenters. The van der Waals surface area contributed by atoms with Gasteiger partial charge in [-0.3, -0.25) is 4.55 Å². The molecule has 0 saturated heterocycles. The maximum Gasteiger partial charge on any atom is 0.264 e. The van der Waals surface area contributed by atoms with Crippen molar-refractivity contribution in [2.75, 3.05) is 12.4 Å². The Kier molecular flexibility index (Phi) is 4.58. The molecule has 1 rings (SSSR count). The molecule has 0 aromatic heterocycles. The summed E-state index contributed by atoms with van der Waals surface area (Å²) in [6.07, 6.45) is 0.996. The van der Waals surface area contributed by atoms with Crippen molar-refractivity contribution in [3.63, 3.8) is 0 Å². The lowest BCUT2D eigenvalue weighted by Crippen LogP contribution is -2.06. The third-order valence-electron chi connectivity index (χ3n) is 1.75. The molecule has 0 bridgehead atoms. The Labute approximate surface area is 89.6 Å². The number of hydrogen-bond acceptors (Lipinski definition) is 3. The number of ether oxygens (including phenoxy) is 1. The lowest BCUT2D eigenvalue weighted by Gasteiger charge is -2.04. The third-order valence-corrected chi connectivity index (χ3v) is 2.56. The zero-order chi connectivity index (χ0) is 11.1. The molecule has 1 aromatic carbocycles. The van der Waals surface area contributed by atoms with E-state index in [0.717, 1.165) is 5.75 Å². The van der Waals surface area contributed by atoms with E-state index >= 15 is 0 Å². The largest absolute Gasteiger partial charge is 0.494 e. The molecule has 0 aliphatic carbocycles. The first-order chi connectivity index (χ1) is 7.08. The number of rotatable bonds is 6. The lowest BCUT2D eigenvalue weighted by atomic mass is 10.3. The van der Waals surface area contributed by atoms with Crippen LogP contribution in [-0.4, -0.2) is 25.3 Å². The maximum absolute atomic E-state index is 10.4. The zero-order valence-corrected chi connectivity index (χ0v) is 9.03. The van der Waals surface area contributed by atoms with Crippen molar-refractivity contribution in [1.82, 2.24) is 0 Å². The summed E-state index contributed by atoms with van der Waals surface area (Å²) in [5.41, 5.74) is 0. The van der Waals surface area contributed by atoms with E-state index in [-0.39, 0.29) is 5.75 Å². The van der Waals surface area contributed by atoms with Crippen molar-refractivity contribution in [3.05, 3.63) is 30.3 Å². The van der Waals surface area contributed by atoms with Crippen molar-refractivity contribution < 1.29 is 17.7 Å². The molecule has 0 fully saturated rings. The van der Waals surface area contributed by atoms with Gasteiger partial charge in [0.25, 0.3) is 10.1 Å². The molecule has 0 aliphatic rings. The summed E-state index contributed by atoms with van der Waals surface area (Å²) in [7, 11) is -3.83. The second kappa shape index (κ2) is 5.72. The molecule has 15 heavy (non-hydrogen) atoms. The smallest absolute Gasteiger partial charge is 0.264 e. The van der Waals surface area contributed by atoms with Crippen LogP contribution in [0.4, 0.5) is 0 Å². The van der Waals surface area contributed by atoms with Gasteiger partial charge in [0.1, 0.15) is 5.75 Å². The molecule has 5 heteroatoms. The van der Waals surface area contributed by atoms with Crippen LogP contribution in [0, 0.1) is 6.07 Å². The van der Waals surface area contributed by atoms with Crippen molar-refractivity contribution in [1.29, 1.82) is 0 Å². The fraction of sp³-hybridized carbons (Fsp3) is 0.400. The molecule has 0 amide bonds. The maximum atomic E-state index is 10.4. The summed E-state index contributed by atoms with van der Waals surface area (Å²) in [6, 6.07) is 9.91. The average molecular weight is 229 g/mol. The van der Waals surface area contributed by atoms with E-state index in [1.807, 2.05) is 0 Å². The molecule has 1 radical (unpaired) electrons. The molecular formula is C10H13O4S. The minimum atomic E-state index is -3.83. The summed E-state index contributed by atoms with van der Waals surface area (Å²) in [6.45, 7) is 0.444. The van der Waals surface area contributed by atoms with Crippen LogP contribution >= 0.6 is 0 Å². The highest BCUT2D eigenvalue weighted by molar-refractivity contribution is 7.85. The normalized spacial score (nSPS) is 11.3. The topological polar surface area (TPSA) is 63.6 Å². The van der Waals surface area contributed by atoms with Gasteiger partial charge in [0.2, 0.25) is 0 Å². The van der Waals surface area contributed by atoms with Crippen LogP contribution in [0.2, 0.25) is 0 Å². The molecule has 0 aliphatic heterocycles. The van der Waals surface area contributed by atoms with E-state index in [4.69, 9.17) is 9.29 Å². The second-order valence-corrected chi connectivity index (χ2v) is 4.65. The van der Waals surface area contributed by atoms with Crippen molar-refractivity contribution in [2.45, 2.75) is 12.8 Å². The minimum Gasteiger partial charge on any atom is -0.494 e. The van der Waals surface area contributed by atoms with Crippen molar-refractivity contribution in [3.8, 4) is 5.75 Å². The molecule has 0 spiro atoms. The fourth-order valence-electron chi connectivity index (χ4n) is 1.04. The molecule has 1 N–H and O–H groups in total. The van der Waals surface area contributed by atoms with Crippen LogP contribution in [0.5, 0.6) is 5.75 Å². The van der Waals surface area contributed by atoms with E-state index in [1.54, 1.807) is 24.3 Å². The van der Waals surface area contributed by atoms with Gasteiger partial charge in [-0.15, -0.1) is 0 Å². The number of benzene rings is 1. The number of hydrogen-bond donors (Lipinski definition) is 1. The van der Waals surface area contributed by atoms with Gasteiger partial charge in [-0.1, -0.05) is 12.1 Å². The van der Waals surface area contributed by atoms with Crippen LogP contribution in [0.3, 0.4) is 0 Å². The molecular weight excluding hydrogens is 216 g/mol. The van der Waals surface area contributed by atoms with Crippen LogP contribution < -0.4 is 4.74 Å². The predicted molar refractivity (Wildman–Crippen MR) is 56.4 cm³/mol. The summed E-state index contributed by atoms with van der Waals surface area (Å²) in [4.78, 5) is 0. The van der Waals surface area contributed by atoms with Crippen molar-refractivity contribution >= 4 is 10.1 Å². The van der Waals surface area contributed by atoms with Gasteiger partial charge in [0.15, 0.2) is 0 Å². The van der Waals surface area contributed by atoms with Crippen LogP contribution in [0.25, 0.3) is 0 Å². The second-order valence-electron chi connectivity index (χ2n) is 3.08. The molecule has 4 nitrogen and oxygen atoms in total. The quantitative estimate of drug-likeness (QED) is 0.593. The molecule has 0 saturated carbocycles. The first-order valence-corrected chi connectivity index (χ1v) is 6.23. The highest BCUT2D eigenvalue weighted by Crippen LogP contribution is 2.08. The van der Waals surface area contributed by atoms with E-state index < -0.39 is 10.1 Å². The van der Waals surface area contributed by atoms with Gasteiger partial charge in [0.05, 0.1) is 12.4 Å². The van der Waals surface area contributed by atoms with E-state index in [2.05, 4.69) is 6.07 Å². The monoisotopic (exact) mass is 229 g/mol. The van der Waals surface area contributed by atoms with Gasteiger partial charge in [-0.05, 0) is 31.0 Å². The molecule has 1 aromatic rings. The first kappa shape index (κ1) is 12.0. The summed E-state index contributed by atoms with van der Waals surface area (Å²) in [5.74, 6) is 0.527. The fourth-order valence-corrected chi connectivity index (χ4v) is 1.61. The van der Waals surface area contributed by atoms with E-state index in [1.165, 1.54) is 0 Å². The van der Waals surface area contributed by atoms with Crippen LogP contribution in [0.15, 0.2) is 24.3 Å². The summed E-state index contributed by atoms with van der Waals surface area (Å²) in [5, 5.41) is 0. The Morgan fingerprint density at radius 2 is 1.93 bits per heavy atom. The summed E-state index contributed by atoms with van der Waals surface area (Å²) < 4.78 is 34.5. The molecule has 0 heterocycles. The highest BCUT2D eigenvalue weighted by atomic mass is 32.2. The molecule has 0 unspecified atom stereocenters. The van der Waals surface area contributed by atoms with Gasteiger partial charge in [-0.25, -0.2) is 0 Å². The standard InChI is InChI=1S/C10H13O4S/c11-15(12,13)9-5-4-8-14-10-6-2-1-3-7-10/h2-3,6-7H,4-5,8-9H2,(H,11,12,13). The van der Waals surface area contributed by atoms with Crippen molar-refractivity contribution in [2.24, 2.45) is 0 Å². The Balaban J connectivity index is 2.13. The SMILES string of the molecule is O=S(=O)(O)CCCCOc1cc[c]cc1. The van der Waals surface area contributed by atoms with Gasteiger partial charge in [-0.2, -0.15) is 8.42 Å². The lowest BCUT2D eigenvalue weighted by molar-refractivity contribution is 0.309. The van der Waals surface area contributed by atoms with Gasteiger partial charge >= 0.3 is 0 Å². The van der Waals surface area contributed by atoms with Gasteiger partial charge < -0.3 is 4.74 Å². The Bertz CT molecular complexity index is 372. The summed E-state index contributed by atoms with van der Waals surface area (Å²) >= 11 is 0. The van der Waals surface area contributed by atoms with E-state index in [0.29, 0.717) is 19.4 Å². The predicted octanol–water partition coefficient (Wildman–Crippen LogP) is 1.53. The molecule has 83 valence electrons. The average Bonchev–Trinajstić information content (AvgIpc) is 2.17. The van der Waals surface area contributed by atoms with Gasteiger partial charge in [0, 0.05) is 0 Å². The van der Waals surface area contributed by atoms with E-state index in [9.17, 15) is 8.42 Å². The zero-order valence-electron chi connectivity index (χ0n) is 8.22. The van der Waals surface area contributed by atoms with Crippen LogP contribution in [0.1, 0.15) is 12.8 Å². The number of unbranched alkanes of at least 4 members (excludes halogenated alkanes) is 1. The van der Waals surface area contributed by atoms with Crippen LogP contribution in [-0.2, 0) is 10.1 Å². The highest BCUT2D eigenvalue weighted by Gasteiger charge is 2.03. The first-order valence-electron chi connectivity index (χ1n) is 4.62. The minimum absolute atomic E-state index is 0.209.